The van der Waals surface area contributed by atoms with Crippen LogP contribution in [0.15, 0.2) is 0 Å². The summed E-state index contributed by atoms with van der Waals surface area (Å²) in [5, 5.41) is 0. The molecule has 2 atom stereocenters. The number of likely N-dealkylation sites (tertiary alicyclic amines) is 1. The van der Waals surface area contributed by atoms with Crippen LogP contribution in [-0.4, -0.2) is 50.9 Å². The molecule has 0 spiro atoms. The minimum Gasteiger partial charge on any atom is -0.342 e. The maximum absolute atomic E-state index is 11.8. The Bertz CT molecular complexity index is 367. The molecule has 0 aromatic heterocycles. The molecule has 1 heterocycles. The monoisotopic (exact) mass is 262 g/mol. The molecule has 0 aromatic carbocycles. The lowest BCUT2D eigenvalue weighted by atomic mass is 9.87. The van der Waals surface area contributed by atoms with Gasteiger partial charge in [-0.1, -0.05) is 6.92 Å². The molecule has 0 aliphatic carbocycles. The van der Waals surface area contributed by atoms with Crippen molar-refractivity contribution in [1.29, 1.82) is 0 Å². The van der Waals surface area contributed by atoms with Crippen molar-refractivity contribution >= 4 is 15.7 Å². The van der Waals surface area contributed by atoms with Crippen molar-refractivity contribution < 1.29 is 13.2 Å². The van der Waals surface area contributed by atoms with E-state index in [0.29, 0.717) is 24.9 Å². The summed E-state index contributed by atoms with van der Waals surface area (Å²) < 4.78 is 22.0. The fourth-order valence-electron chi connectivity index (χ4n) is 2.11. The van der Waals surface area contributed by atoms with Crippen LogP contribution in [0.4, 0.5) is 0 Å². The Kier molecular flexibility index (Phi) is 4.94. The maximum Gasteiger partial charge on any atom is 0.223 e. The van der Waals surface area contributed by atoms with Crippen LogP contribution < -0.4 is 5.73 Å². The van der Waals surface area contributed by atoms with Crippen molar-refractivity contribution in [2.75, 3.05) is 31.6 Å². The van der Waals surface area contributed by atoms with E-state index in [0.717, 1.165) is 19.2 Å². The second-order valence-electron chi connectivity index (χ2n) is 4.98. The third-order valence-electron chi connectivity index (χ3n) is 3.46. The number of hydrogen-bond acceptors (Lipinski definition) is 4. The summed E-state index contributed by atoms with van der Waals surface area (Å²) in [5.74, 6) is 0.746. The highest BCUT2D eigenvalue weighted by molar-refractivity contribution is 7.90. The predicted octanol–water partition coefficient (Wildman–Crippen LogP) is -0.136. The van der Waals surface area contributed by atoms with Crippen molar-refractivity contribution in [2.24, 2.45) is 17.6 Å². The van der Waals surface area contributed by atoms with Crippen molar-refractivity contribution in [3.05, 3.63) is 0 Å². The molecular formula is C11H22N2O3S. The first-order valence-corrected chi connectivity index (χ1v) is 8.05. The Morgan fingerprint density at radius 1 is 1.47 bits per heavy atom. The first kappa shape index (κ1) is 14.4. The smallest absolute Gasteiger partial charge is 0.223 e. The number of amides is 1. The van der Waals surface area contributed by atoms with Gasteiger partial charge < -0.3 is 10.6 Å². The third-order valence-corrected chi connectivity index (χ3v) is 4.40. The number of carbonyl (C=O) groups excluding carboxylic acids is 1. The standard InChI is InChI=1S/C11H22N2O3S/c1-9-3-5-13(8-10(9)7-12)11(14)4-6-17(2,15)16/h9-10H,3-8,12H2,1-2H3. The largest absolute Gasteiger partial charge is 0.342 e. The fourth-order valence-corrected chi connectivity index (χ4v) is 2.66. The van der Waals surface area contributed by atoms with Gasteiger partial charge in [-0.25, -0.2) is 8.42 Å². The zero-order valence-electron chi connectivity index (χ0n) is 10.6. The lowest BCUT2D eigenvalue weighted by molar-refractivity contribution is -0.133. The summed E-state index contributed by atoms with van der Waals surface area (Å²) in [6.45, 7) is 4.12. The van der Waals surface area contributed by atoms with E-state index in [2.05, 4.69) is 6.92 Å². The zero-order valence-corrected chi connectivity index (χ0v) is 11.4. The number of hydrogen-bond donors (Lipinski definition) is 1. The molecule has 6 heteroatoms. The minimum absolute atomic E-state index is 0.0643. The molecule has 100 valence electrons. The van der Waals surface area contributed by atoms with Gasteiger partial charge in [0.2, 0.25) is 5.91 Å². The van der Waals surface area contributed by atoms with Gasteiger partial charge in [-0.2, -0.15) is 0 Å². The molecule has 0 radical (unpaired) electrons. The van der Waals surface area contributed by atoms with Gasteiger partial charge in [-0.3, -0.25) is 4.79 Å². The molecule has 1 amide bonds. The molecule has 2 N–H and O–H groups in total. The quantitative estimate of drug-likeness (QED) is 0.765. The maximum atomic E-state index is 11.8. The number of carbonyl (C=O) groups is 1. The molecule has 1 aliphatic rings. The van der Waals surface area contributed by atoms with Crippen LogP contribution in [0, 0.1) is 11.8 Å². The van der Waals surface area contributed by atoms with Crippen molar-refractivity contribution in [3.8, 4) is 0 Å². The van der Waals surface area contributed by atoms with E-state index < -0.39 is 9.84 Å². The predicted molar refractivity (Wildman–Crippen MR) is 67.2 cm³/mol. The van der Waals surface area contributed by atoms with Crippen molar-refractivity contribution in [3.63, 3.8) is 0 Å². The Labute approximate surface area is 103 Å². The van der Waals surface area contributed by atoms with Gasteiger partial charge in [0, 0.05) is 25.8 Å². The SMILES string of the molecule is CC1CCN(C(=O)CCS(C)(=O)=O)CC1CN. The normalized spacial score (nSPS) is 25.9. The number of sulfone groups is 1. The highest BCUT2D eigenvalue weighted by Crippen LogP contribution is 2.22. The summed E-state index contributed by atoms with van der Waals surface area (Å²) in [6.07, 6.45) is 2.19. The highest BCUT2D eigenvalue weighted by Gasteiger charge is 2.27. The lowest BCUT2D eigenvalue weighted by Crippen LogP contribution is -2.45. The van der Waals surface area contributed by atoms with Crippen LogP contribution in [-0.2, 0) is 14.6 Å². The van der Waals surface area contributed by atoms with Gasteiger partial charge in [-0.05, 0) is 24.8 Å². The molecule has 1 fully saturated rings. The lowest BCUT2D eigenvalue weighted by Gasteiger charge is -2.36. The molecule has 2 unspecified atom stereocenters. The summed E-state index contributed by atoms with van der Waals surface area (Å²) in [4.78, 5) is 13.6. The van der Waals surface area contributed by atoms with Gasteiger partial charge in [0.15, 0.2) is 0 Å². The van der Waals surface area contributed by atoms with E-state index in [1.54, 1.807) is 4.90 Å². The molecule has 1 rings (SSSR count). The van der Waals surface area contributed by atoms with Gasteiger partial charge in [0.05, 0.1) is 5.75 Å². The first-order valence-electron chi connectivity index (χ1n) is 5.99. The molecular weight excluding hydrogens is 240 g/mol. The van der Waals surface area contributed by atoms with E-state index >= 15 is 0 Å². The zero-order chi connectivity index (χ0) is 13.1. The summed E-state index contributed by atoms with van der Waals surface area (Å²) in [6, 6.07) is 0. The molecule has 0 saturated carbocycles. The van der Waals surface area contributed by atoms with Crippen LogP contribution in [0.1, 0.15) is 19.8 Å². The summed E-state index contributed by atoms with van der Waals surface area (Å²) in [7, 11) is -3.06. The van der Waals surface area contributed by atoms with E-state index in [1.807, 2.05) is 0 Å². The van der Waals surface area contributed by atoms with E-state index in [4.69, 9.17) is 5.73 Å². The first-order chi connectivity index (χ1) is 7.83. The van der Waals surface area contributed by atoms with E-state index in [1.165, 1.54) is 0 Å². The number of rotatable bonds is 4. The molecule has 0 aromatic rings. The molecule has 1 saturated heterocycles. The van der Waals surface area contributed by atoms with Crippen LogP contribution in [0.25, 0.3) is 0 Å². The van der Waals surface area contributed by atoms with Crippen LogP contribution in [0.2, 0.25) is 0 Å². The van der Waals surface area contributed by atoms with E-state index in [9.17, 15) is 13.2 Å². The molecule has 1 aliphatic heterocycles. The third kappa shape index (κ3) is 4.63. The fraction of sp³-hybridized carbons (Fsp3) is 0.909. The molecule has 5 nitrogen and oxygen atoms in total. The second kappa shape index (κ2) is 5.82. The van der Waals surface area contributed by atoms with Gasteiger partial charge in [-0.15, -0.1) is 0 Å². The highest BCUT2D eigenvalue weighted by atomic mass is 32.2. The Balaban J connectivity index is 2.48. The average molecular weight is 262 g/mol. The van der Waals surface area contributed by atoms with Crippen LogP contribution in [0.5, 0.6) is 0 Å². The Morgan fingerprint density at radius 3 is 2.65 bits per heavy atom. The van der Waals surface area contributed by atoms with Crippen molar-refractivity contribution in [2.45, 2.75) is 19.8 Å². The average Bonchev–Trinajstić information content (AvgIpc) is 2.25. The summed E-state index contributed by atoms with van der Waals surface area (Å²) >= 11 is 0. The van der Waals surface area contributed by atoms with Crippen LogP contribution in [0.3, 0.4) is 0 Å². The number of piperidine rings is 1. The van der Waals surface area contributed by atoms with Crippen LogP contribution >= 0.6 is 0 Å². The van der Waals surface area contributed by atoms with Crippen molar-refractivity contribution in [1.82, 2.24) is 4.90 Å². The second-order valence-corrected chi connectivity index (χ2v) is 7.24. The van der Waals surface area contributed by atoms with Gasteiger partial charge in [0.1, 0.15) is 9.84 Å². The van der Waals surface area contributed by atoms with Gasteiger partial charge >= 0.3 is 0 Å². The topological polar surface area (TPSA) is 80.5 Å². The minimum atomic E-state index is -3.06. The number of nitrogens with two attached hydrogens (primary N) is 1. The Hall–Kier alpha value is -0.620. The summed E-state index contributed by atoms with van der Waals surface area (Å²) in [5.41, 5.74) is 5.67. The number of nitrogens with zero attached hydrogens (tertiary/aromatic N) is 1. The molecule has 17 heavy (non-hydrogen) atoms. The van der Waals surface area contributed by atoms with E-state index in [-0.39, 0.29) is 18.1 Å². The Morgan fingerprint density at radius 2 is 2.12 bits per heavy atom. The molecule has 0 bridgehead atoms. The van der Waals surface area contributed by atoms with Gasteiger partial charge in [0.25, 0.3) is 0 Å².